The summed E-state index contributed by atoms with van der Waals surface area (Å²) in [7, 11) is 0. The molecule has 5 heteroatoms. The van der Waals surface area contributed by atoms with Crippen molar-refractivity contribution in [3.05, 3.63) is 284 Å². The summed E-state index contributed by atoms with van der Waals surface area (Å²) in [5.74, 6) is 0. The Morgan fingerprint density at radius 3 is 1.43 bits per heavy atom. The van der Waals surface area contributed by atoms with Crippen molar-refractivity contribution < 1.29 is 8.83 Å². The molecule has 17 aromatic rings. The molecule has 4 aromatic heterocycles. The summed E-state index contributed by atoms with van der Waals surface area (Å²) >= 11 is 0. The minimum absolute atomic E-state index is 0.861. The molecule has 0 saturated carbocycles. The average molecular weight is 1050 g/mol. The van der Waals surface area contributed by atoms with Crippen LogP contribution in [0, 0.1) is 6.92 Å². The number of hydrogen-bond donors (Lipinski definition) is 0. The van der Waals surface area contributed by atoms with Crippen LogP contribution in [0.3, 0.4) is 0 Å². The normalized spacial score (nSPS) is 12.1. The zero-order valence-corrected chi connectivity index (χ0v) is 45.0. The van der Waals surface area contributed by atoms with Gasteiger partial charge in [0.25, 0.3) is 0 Å². The first-order valence-corrected chi connectivity index (χ1v) is 28.4. The van der Waals surface area contributed by atoms with E-state index in [0.717, 1.165) is 102 Å². The Bertz CT molecular complexity index is 5370. The Morgan fingerprint density at radius 2 is 0.841 bits per heavy atom. The molecule has 13 aromatic carbocycles. The summed E-state index contributed by atoms with van der Waals surface area (Å²) in [6, 6.07) is 97.2. The molecule has 0 aliphatic rings. The molecule has 0 amide bonds. The molecule has 0 atom stereocenters. The van der Waals surface area contributed by atoms with E-state index in [4.69, 9.17) is 8.83 Å². The molecule has 5 nitrogen and oxygen atoms in total. The van der Waals surface area contributed by atoms with E-state index in [1.165, 1.54) is 76.7 Å². The third-order valence-corrected chi connectivity index (χ3v) is 17.3. The summed E-state index contributed by atoms with van der Waals surface area (Å²) in [6.45, 7) is 2.26. The fourth-order valence-corrected chi connectivity index (χ4v) is 13.5. The summed E-state index contributed by atoms with van der Waals surface area (Å²) in [5.41, 5.74) is 19.8. The van der Waals surface area contributed by atoms with Crippen LogP contribution in [0.4, 0.5) is 34.1 Å². The largest absolute Gasteiger partial charge is 0.454 e. The molecule has 0 aliphatic heterocycles. The molecule has 0 unspecified atom stereocenters. The first-order chi connectivity index (χ1) is 40.6. The smallest absolute Gasteiger partial charge is 0.159 e. The highest BCUT2D eigenvalue weighted by Crippen LogP contribution is 2.50. The predicted molar refractivity (Wildman–Crippen MR) is 344 cm³/mol. The fourth-order valence-electron chi connectivity index (χ4n) is 13.5. The van der Waals surface area contributed by atoms with Crippen molar-refractivity contribution in [1.82, 2.24) is 4.40 Å². The molecule has 0 bridgehead atoms. The zero-order chi connectivity index (χ0) is 54.0. The van der Waals surface area contributed by atoms with Gasteiger partial charge in [0.05, 0.1) is 27.9 Å². The van der Waals surface area contributed by atoms with Gasteiger partial charge in [-0.05, 0) is 172 Å². The van der Waals surface area contributed by atoms with Crippen molar-refractivity contribution in [1.29, 1.82) is 0 Å². The lowest BCUT2D eigenvalue weighted by molar-refractivity contribution is 0.668. The van der Waals surface area contributed by atoms with E-state index in [1.54, 1.807) is 0 Å². The molecule has 0 aliphatic carbocycles. The topological polar surface area (TPSA) is 37.2 Å². The molecule has 0 spiro atoms. The van der Waals surface area contributed by atoms with E-state index < -0.39 is 0 Å². The summed E-state index contributed by atoms with van der Waals surface area (Å²) in [5, 5.41) is 14.2. The van der Waals surface area contributed by atoms with Gasteiger partial charge in [0, 0.05) is 65.8 Å². The predicted octanol–water partition coefficient (Wildman–Crippen LogP) is 21.6. The van der Waals surface area contributed by atoms with E-state index in [2.05, 4.69) is 276 Å². The molecular formula is C77H51N3O2. The number of aromatic nitrogens is 1. The molecule has 17 rings (SSSR count). The zero-order valence-electron chi connectivity index (χ0n) is 45.0. The van der Waals surface area contributed by atoms with E-state index in [0.29, 0.717) is 0 Å². The van der Waals surface area contributed by atoms with Gasteiger partial charge in [-0.2, -0.15) is 0 Å². The second-order valence-corrected chi connectivity index (χ2v) is 22.0. The van der Waals surface area contributed by atoms with Crippen molar-refractivity contribution in [2.24, 2.45) is 0 Å². The van der Waals surface area contributed by atoms with Crippen LogP contribution < -0.4 is 9.80 Å². The lowest BCUT2D eigenvalue weighted by atomic mass is 9.88. The van der Waals surface area contributed by atoms with E-state index in [-0.39, 0.29) is 0 Å². The van der Waals surface area contributed by atoms with Crippen LogP contribution in [0.5, 0.6) is 0 Å². The quantitative estimate of drug-likeness (QED) is 0.137. The van der Waals surface area contributed by atoms with Crippen molar-refractivity contribution in [2.75, 3.05) is 9.80 Å². The van der Waals surface area contributed by atoms with Crippen LogP contribution in [0.15, 0.2) is 276 Å². The molecule has 0 fully saturated rings. The maximum absolute atomic E-state index is 6.74. The lowest BCUT2D eigenvalue weighted by Crippen LogP contribution is -2.10. The van der Waals surface area contributed by atoms with Crippen LogP contribution in [0.25, 0.3) is 115 Å². The van der Waals surface area contributed by atoms with Gasteiger partial charge in [-0.15, -0.1) is 0 Å². The third kappa shape index (κ3) is 7.13. The van der Waals surface area contributed by atoms with Crippen LogP contribution >= 0.6 is 0 Å². The molecule has 0 saturated heterocycles. The summed E-state index contributed by atoms with van der Waals surface area (Å²) < 4.78 is 16.1. The van der Waals surface area contributed by atoms with Crippen LogP contribution in [0.1, 0.15) is 16.7 Å². The third-order valence-electron chi connectivity index (χ3n) is 17.3. The Balaban J connectivity index is 0.932. The maximum atomic E-state index is 6.74. The van der Waals surface area contributed by atoms with Crippen molar-refractivity contribution in [3.63, 3.8) is 0 Å². The Kier molecular flexibility index (Phi) is 10.3. The molecule has 0 radical (unpaired) electrons. The minimum Gasteiger partial charge on any atom is -0.454 e. The second kappa shape index (κ2) is 18.2. The highest BCUT2D eigenvalue weighted by molar-refractivity contribution is 6.28. The summed E-state index contributed by atoms with van der Waals surface area (Å²) in [6.07, 6.45) is 1.80. The molecular weight excluding hydrogens is 999 g/mol. The number of rotatable bonds is 10. The van der Waals surface area contributed by atoms with Gasteiger partial charge >= 0.3 is 0 Å². The second-order valence-electron chi connectivity index (χ2n) is 22.0. The van der Waals surface area contributed by atoms with E-state index in [9.17, 15) is 0 Å². The Labute approximate surface area is 472 Å². The van der Waals surface area contributed by atoms with Crippen molar-refractivity contribution >= 4 is 138 Å². The first-order valence-electron chi connectivity index (χ1n) is 28.4. The Hall–Kier alpha value is -10.6. The van der Waals surface area contributed by atoms with Gasteiger partial charge in [0.15, 0.2) is 11.2 Å². The number of aryl methyl sites for hydroxylation is 3. The van der Waals surface area contributed by atoms with Gasteiger partial charge < -0.3 is 23.0 Å². The number of hydrogen-bond acceptors (Lipinski definition) is 4. The highest BCUT2D eigenvalue weighted by Gasteiger charge is 2.27. The van der Waals surface area contributed by atoms with Crippen molar-refractivity contribution in [3.8, 4) is 11.1 Å². The SMILES string of the molecule is Cc1ccccc1-c1cc2c3cc4ccc(N(c5ccccc5)c5cccc6c5oc5ccccc56)cc4cc3n3c4cc5cc(N(c6ccccc6)c6cccc7c6oc6ccccc67)ccc5cc4c(c1CCc1ccccc1)c23. The lowest BCUT2D eigenvalue weighted by Gasteiger charge is -2.26. The molecule has 0 N–H and O–H groups in total. The maximum Gasteiger partial charge on any atom is 0.159 e. The number of furan rings is 2. The van der Waals surface area contributed by atoms with Gasteiger partial charge in [-0.25, -0.2) is 0 Å². The van der Waals surface area contributed by atoms with Gasteiger partial charge in [-0.1, -0.05) is 164 Å². The number of benzene rings is 13. The average Bonchev–Trinajstić information content (AvgIpc) is 1.77. The highest BCUT2D eigenvalue weighted by atomic mass is 16.3. The molecule has 82 heavy (non-hydrogen) atoms. The van der Waals surface area contributed by atoms with Crippen molar-refractivity contribution in [2.45, 2.75) is 19.8 Å². The summed E-state index contributed by atoms with van der Waals surface area (Å²) in [4.78, 5) is 4.70. The van der Waals surface area contributed by atoms with E-state index in [1.807, 2.05) is 12.1 Å². The van der Waals surface area contributed by atoms with Crippen LogP contribution in [0.2, 0.25) is 0 Å². The fraction of sp³-hybridized carbons (Fsp3) is 0.0390. The van der Waals surface area contributed by atoms with Gasteiger partial charge in [0.2, 0.25) is 0 Å². The minimum atomic E-state index is 0.861. The molecule has 386 valence electrons. The van der Waals surface area contributed by atoms with Crippen LogP contribution in [-0.2, 0) is 12.8 Å². The van der Waals surface area contributed by atoms with E-state index >= 15 is 0 Å². The number of para-hydroxylation sites is 6. The van der Waals surface area contributed by atoms with Crippen LogP contribution in [-0.4, -0.2) is 4.40 Å². The monoisotopic (exact) mass is 1050 g/mol. The molecule has 4 heterocycles. The van der Waals surface area contributed by atoms with Gasteiger partial charge in [0.1, 0.15) is 11.2 Å². The standard InChI is InChI=1S/C77H51N3O2/c1-48-19-11-12-26-58(48)64-47-66-65-43-50-36-38-56(78(54-22-7-3-8-23-54)68-31-17-29-62-59-27-13-15-33-72(59)81-76(62)68)41-52(50)45-70(65)80-71-46-53-42-57(39-37-51(53)44-67(71)74(75(66)80)61(64)40-35-49-20-5-2-6-21-49)79(55-24-9-4-10-25-55)69-32-18-30-63-60-28-14-16-34-73(60)82-77(63)69/h2-34,36-39,41-47H,35,40H2,1H3. The first kappa shape index (κ1) is 46.3. The Morgan fingerprint density at radius 1 is 0.341 bits per heavy atom. The van der Waals surface area contributed by atoms with Gasteiger partial charge in [-0.3, -0.25) is 0 Å². The number of fused-ring (bicyclic) bond motifs is 14. The number of nitrogens with zero attached hydrogens (tertiary/aromatic N) is 3. The number of anilines is 6.